The Kier molecular flexibility index (Phi) is 4.80. The summed E-state index contributed by atoms with van der Waals surface area (Å²) in [7, 11) is 6.12. The minimum Gasteiger partial charge on any atom is -0.397 e. The molecule has 0 heterocycles. The molecule has 0 radical (unpaired) electrons. The van der Waals surface area contributed by atoms with Gasteiger partial charge in [0, 0.05) is 13.6 Å². The highest BCUT2D eigenvalue weighted by molar-refractivity contribution is 5.69. The average Bonchev–Trinajstić information content (AvgIpc) is 2.29. The molecule has 1 aromatic carbocycles. The smallest absolute Gasteiger partial charge is 0.0992 e. The Bertz CT molecular complexity index is 406. The molecule has 0 aliphatic carbocycles. The SMILES string of the molecule is CN(C)CCCN(C)c1cc(C#N)ccc1N. The van der Waals surface area contributed by atoms with Crippen molar-refractivity contribution in [3.63, 3.8) is 0 Å². The van der Waals surface area contributed by atoms with E-state index in [2.05, 4.69) is 30.0 Å². The monoisotopic (exact) mass is 232 g/mol. The minimum absolute atomic E-state index is 0.647. The van der Waals surface area contributed by atoms with Crippen molar-refractivity contribution >= 4 is 11.4 Å². The van der Waals surface area contributed by atoms with Crippen LogP contribution >= 0.6 is 0 Å². The number of nitrogens with two attached hydrogens (primary N) is 1. The molecule has 0 atom stereocenters. The maximum absolute atomic E-state index is 8.87. The lowest BCUT2D eigenvalue weighted by molar-refractivity contribution is 0.402. The molecule has 0 bridgehead atoms. The second-order valence-electron chi connectivity index (χ2n) is 4.46. The highest BCUT2D eigenvalue weighted by atomic mass is 15.1. The number of nitrogen functional groups attached to an aromatic ring is 1. The molecule has 4 heteroatoms. The Hall–Kier alpha value is -1.73. The highest BCUT2D eigenvalue weighted by Crippen LogP contribution is 2.23. The van der Waals surface area contributed by atoms with Gasteiger partial charge in [-0.15, -0.1) is 0 Å². The third kappa shape index (κ3) is 3.97. The van der Waals surface area contributed by atoms with Gasteiger partial charge in [-0.05, 0) is 45.3 Å². The molecule has 0 saturated heterocycles. The molecule has 0 aromatic heterocycles. The Balaban J connectivity index is 2.68. The quantitative estimate of drug-likeness (QED) is 0.782. The summed E-state index contributed by atoms with van der Waals surface area (Å²) < 4.78 is 0. The summed E-state index contributed by atoms with van der Waals surface area (Å²) in [4.78, 5) is 4.25. The third-order valence-corrected chi connectivity index (χ3v) is 2.67. The summed E-state index contributed by atoms with van der Waals surface area (Å²) in [5, 5.41) is 8.87. The molecule has 0 saturated carbocycles. The van der Waals surface area contributed by atoms with Gasteiger partial charge in [0.15, 0.2) is 0 Å². The largest absolute Gasteiger partial charge is 0.397 e. The number of nitriles is 1. The molecule has 92 valence electrons. The predicted octanol–water partition coefficient (Wildman–Crippen LogP) is 1.53. The minimum atomic E-state index is 0.647. The molecule has 4 nitrogen and oxygen atoms in total. The van der Waals surface area contributed by atoms with Crippen molar-refractivity contribution in [2.24, 2.45) is 0 Å². The van der Waals surface area contributed by atoms with E-state index in [0.29, 0.717) is 5.56 Å². The van der Waals surface area contributed by atoms with Crippen LogP contribution < -0.4 is 10.6 Å². The standard InChI is InChI=1S/C13H20N4/c1-16(2)7-4-8-17(3)13-9-11(10-14)5-6-12(13)15/h5-6,9H,4,7-8,15H2,1-3H3. The summed E-state index contributed by atoms with van der Waals surface area (Å²) in [5.74, 6) is 0. The van der Waals surface area contributed by atoms with Crippen LogP contribution in [-0.4, -0.2) is 39.1 Å². The molecule has 0 spiro atoms. The molecule has 1 aromatic rings. The van der Waals surface area contributed by atoms with Gasteiger partial charge in [0.05, 0.1) is 23.0 Å². The van der Waals surface area contributed by atoms with E-state index in [1.165, 1.54) is 0 Å². The second-order valence-corrected chi connectivity index (χ2v) is 4.46. The van der Waals surface area contributed by atoms with Crippen molar-refractivity contribution in [3.8, 4) is 6.07 Å². The zero-order valence-corrected chi connectivity index (χ0v) is 10.8. The number of nitrogens with zero attached hydrogens (tertiary/aromatic N) is 3. The zero-order chi connectivity index (χ0) is 12.8. The van der Waals surface area contributed by atoms with Crippen LogP contribution in [-0.2, 0) is 0 Å². The normalized spacial score (nSPS) is 10.3. The Morgan fingerprint density at radius 2 is 1.94 bits per heavy atom. The van der Waals surface area contributed by atoms with E-state index in [-0.39, 0.29) is 0 Å². The van der Waals surface area contributed by atoms with Gasteiger partial charge in [0.25, 0.3) is 0 Å². The molecule has 0 aliphatic heterocycles. The number of hydrogen-bond acceptors (Lipinski definition) is 4. The summed E-state index contributed by atoms with van der Waals surface area (Å²) >= 11 is 0. The molecule has 17 heavy (non-hydrogen) atoms. The lowest BCUT2D eigenvalue weighted by Crippen LogP contribution is -2.24. The van der Waals surface area contributed by atoms with Gasteiger partial charge in [-0.25, -0.2) is 0 Å². The van der Waals surface area contributed by atoms with Gasteiger partial charge in [-0.3, -0.25) is 0 Å². The van der Waals surface area contributed by atoms with Crippen LogP contribution in [0.25, 0.3) is 0 Å². The number of anilines is 2. The van der Waals surface area contributed by atoms with E-state index in [0.717, 1.165) is 30.9 Å². The van der Waals surface area contributed by atoms with Crippen LogP contribution in [0.2, 0.25) is 0 Å². The first-order valence-electron chi connectivity index (χ1n) is 5.70. The van der Waals surface area contributed by atoms with Crippen molar-refractivity contribution in [2.75, 3.05) is 44.9 Å². The molecule has 1 rings (SSSR count). The number of hydrogen-bond donors (Lipinski definition) is 1. The number of benzene rings is 1. The van der Waals surface area contributed by atoms with E-state index in [1.807, 2.05) is 13.1 Å². The molecule has 2 N–H and O–H groups in total. The van der Waals surface area contributed by atoms with Crippen LogP contribution in [0.5, 0.6) is 0 Å². The first-order chi connectivity index (χ1) is 8.04. The molecule has 0 aliphatic rings. The van der Waals surface area contributed by atoms with Crippen molar-refractivity contribution in [3.05, 3.63) is 23.8 Å². The van der Waals surface area contributed by atoms with Gasteiger partial charge in [-0.2, -0.15) is 5.26 Å². The van der Waals surface area contributed by atoms with Gasteiger partial charge < -0.3 is 15.5 Å². The fourth-order valence-electron chi connectivity index (χ4n) is 1.69. The van der Waals surface area contributed by atoms with Crippen LogP contribution in [0.3, 0.4) is 0 Å². The first-order valence-corrected chi connectivity index (χ1v) is 5.70. The fourth-order valence-corrected chi connectivity index (χ4v) is 1.69. The molecular formula is C13H20N4. The summed E-state index contributed by atoms with van der Waals surface area (Å²) in [5.41, 5.74) is 8.21. The van der Waals surface area contributed by atoms with Crippen molar-refractivity contribution in [1.82, 2.24) is 4.90 Å². The molecule has 0 amide bonds. The zero-order valence-electron chi connectivity index (χ0n) is 10.8. The van der Waals surface area contributed by atoms with Crippen molar-refractivity contribution in [2.45, 2.75) is 6.42 Å². The van der Waals surface area contributed by atoms with E-state index in [1.54, 1.807) is 12.1 Å². The topological polar surface area (TPSA) is 56.3 Å². The van der Waals surface area contributed by atoms with E-state index < -0.39 is 0 Å². The third-order valence-electron chi connectivity index (χ3n) is 2.67. The van der Waals surface area contributed by atoms with Crippen LogP contribution in [0.1, 0.15) is 12.0 Å². The van der Waals surface area contributed by atoms with E-state index >= 15 is 0 Å². The summed E-state index contributed by atoms with van der Waals surface area (Å²) in [6, 6.07) is 7.50. The maximum Gasteiger partial charge on any atom is 0.0992 e. The lowest BCUT2D eigenvalue weighted by atomic mass is 10.1. The van der Waals surface area contributed by atoms with Crippen LogP contribution in [0.15, 0.2) is 18.2 Å². The predicted molar refractivity (Wildman–Crippen MR) is 72.0 cm³/mol. The van der Waals surface area contributed by atoms with Gasteiger partial charge >= 0.3 is 0 Å². The summed E-state index contributed by atoms with van der Waals surface area (Å²) in [6.45, 7) is 1.97. The molecular weight excluding hydrogens is 212 g/mol. The van der Waals surface area contributed by atoms with Crippen molar-refractivity contribution in [1.29, 1.82) is 5.26 Å². The van der Waals surface area contributed by atoms with E-state index in [4.69, 9.17) is 11.0 Å². The highest BCUT2D eigenvalue weighted by Gasteiger charge is 2.06. The second kappa shape index (κ2) is 6.12. The van der Waals surface area contributed by atoms with Crippen LogP contribution in [0.4, 0.5) is 11.4 Å². The van der Waals surface area contributed by atoms with Gasteiger partial charge in [0.1, 0.15) is 0 Å². The molecule has 0 fully saturated rings. The maximum atomic E-state index is 8.87. The Labute approximate surface area is 103 Å². The first kappa shape index (κ1) is 13.3. The van der Waals surface area contributed by atoms with Gasteiger partial charge in [0.2, 0.25) is 0 Å². The lowest BCUT2D eigenvalue weighted by Gasteiger charge is -2.22. The average molecular weight is 232 g/mol. The number of rotatable bonds is 5. The van der Waals surface area contributed by atoms with Crippen LogP contribution in [0, 0.1) is 11.3 Å². The van der Waals surface area contributed by atoms with Gasteiger partial charge in [-0.1, -0.05) is 0 Å². The molecule has 0 unspecified atom stereocenters. The Morgan fingerprint density at radius 3 is 2.53 bits per heavy atom. The van der Waals surface area contributed by atoms with Crippen molar-refractivity contribution < 1.29 is 0 Å². The fraction of sp³-hybridized carbons (Fsp3) is 0.462. The Morgan fingerprint density at radius 1 is 1.24 bits per heavy atom. The summed E-state index contributed by atoms with van der Waals surface area (Å²) in [6.07, 6.45) is 1.07. The van der Waals surface area contributed by atoms with E-state index in [9.17, 15) is 0 Å².